The zero-order chi connectivity index (χ0) is 69.8. The van der Waals surface area contributed by atoms with Crippen LogP contribution in [0, 0.1) is 5.92 Å². The molecule has 0 heterocycles. The van der Waals surface area contributed by atoms with Gasteiger partial charge in [0.1, 0.15) is 19.3 Å². The Hall–Kier alpha value is -1.94. The van der Waals surface area contributed by atoms with Crippen molar-refractivity contribution in [2.75, 3.05) is 39.6 Å². The van der Waals surface area contributed by atoms with Crippen molar-refractivity contribution in [1.29, 1.82) is 0 Å². The van der Waals surface area contributed by atoms with Gasteiger partial charge in [0.2, 0.25) is 0 Å². The monoisotopic (exact) mass is 1400 g/mol. The van der Waals surface area contributed by atoms with Crippen molar-refractivity contribution in [2.24, 2.45) is 5.92 Å². The predicted octanol–water partition coefficient (Wildman–Crippen LogP) is 22.5. The van der Waals surface area contributed by atoms with Crippen LogP contribution >= 0.6 is 15.6 Å². The summed E-state index contributed by atoms with van der Waals surface area (Å²) in [4.78, 5) is 72.6. The van der Waals surface area contributed by atoms with E-state index in [9.17, 15) is 43.2 Å². The van der Waals surface area contributed by atoms with Crippen LogP contribution in [0.25, 0.3) is 0 Å². The van der Waals surface area contributed by atoms with E-state index in [4.69, 9.17) is 37.0 Å². The average molecular weight is 1400 g/mol. The van der Waals surface area contributed by atoms with Crippen LogP contribution in [-0.2, 0) is 65.4 Å². The number of phosphoric ester groups is 2. The molecule has 2 unspecified atom stereocenters. The molecule has 0 radical (unpaired) electrons. The van der Waals surface area contributed by atoms with Crippen LogP contribution in [0.15, 0.2) is 0 Å². The van der Waals surface area contributed by atoms with Gasteiger partial charge in [-0.2, -0.15) is 0 Å². The number of unbranched alkanes of at least 4 members (excludes halogenated alkanes) is 48. The third kappa shape index (κ3) is 70.3. The van der Waals surface area contributed by atoms with Gasteiger partial charge in [0.25, 0.3) is 0 Å². The van der Waals surface area contributed by atoms with Crippen LogP contribution in [0.1, 0.15) is 401 Å². The molecule has 0 saturated carbocycles. The number of hydrogen-bond acceptors (Lipinski definition) is 15. The number of carbonyl (C=O) groups is 4. The van der Waals surface area contributed by atoms with E-state index in [0.29, 0.717) is 25.7 Å². The highest BCUT2D eigenvalue weighted by molar-refractivity contribution is 7.47. The van der Waals surface area contributed by atoms with Crippen LogP contribution in [-0.4, -0.2) is 96.7 Å². The summed E-state index contributed by atoms with van der Waals surface area (Å²) in [6.07, 6.45) is 58.6. The van der Waals surface area contributed by atoms with Crippen molar-refractivity contribution >= 4 is 39.5 Å². The molecule has 17 nitrogen and oxygen atoms in total. The molecule has 0 aliphatic carbocycles. The summed E-state index contributed by atoms with van der Waals surface area (Å²) < 4.78 is 68.3. The Kier molecular flexibility index (Phi) is 67.7. The molecular weight excluding hydrogens is 1250 g/mol. The predicted molar refractivity (Wildman–Crippen MR) is 386 cm³/mol. The maximum atomic E-state index is 13.1. The van der Waals surface area contributed by atoms with Crippen molar-refractivity contribution < 1.29 is 80.2 Å². The standard InChI is InChI=1S/C76H148O17P2/c1-6-9-12-15-18-21-22-23-24-25-26-27-28-29-32-36-39-42-47-52-57-62-76(81)93-72(66-87-74(79)60-55-50-46-41-38-35-33-30-31-34-37-40-43-48-53-58-69(4)5)68-91-95(84,85)89-64-70(77)63-88-94(82,83)90-67-71(92-75(80)61-56-51-45-20-17-14-11-8-3)65-86-73(78)59-54-49-44-19-16-13-10-7-2/h69-72,77H,6-68H2,1-5H3,(H,82,83)(H,84,85)/t70-,71+,72+/m0/s1. The first-order valence-electron chi connectivity index (χ1n) is 39.6. The van der Waals surface area contributed by atoms with Gasteiger partial charge in [0, 0.05) is 25.7 Å². The number of carbonyl (C=O) groups excluding carboxylic acids is 4. The van der Waals surface area contributed by atoms with Gasteiger partial charge in [-0.15, -0.1) is 0 Å². The number of esters is 4. The van der Waals surface area contributed by atoms with Gasteiger partial charge in [-0.3, -0.25) is 37.3 Å². The minimum atomic E-state index is -4.96. The number of aliphatic hydroxyl groups is 1. The van der Waals surface area contributed by atoms with E-state index in [1.165, 1.54) is 212 Å². The van der Waals surface area contributed by atoms with Crippen molar-refractivity contribution in [3.8, 4) is 0 Å². The lowest BCUT2D eigenvalue weighted by Gasteiger charge is -2.21. The molecule has 3 N–H and O–H groups in total. The first kappa shape index (κ1) is 93.1. The molecule has 19 heteroatoms. The first-order chi connectivity index (χ1) is 46.0. The summed E-state index contributed by atoms with van der Waals surface area (Å²) in [5, 5.41) is 10.6. The van der Waals surface area contributed by atoms with Crippen LogP contribution < -0.4 is 0 Å². The largest absolute Gasteiger partial charge is 0.472 e. The normalized spacial score (nSPS) is 13.9. The second kappa shape index (κ2) is 69.2. The molecule has 0 aromatic rings. The SMILES string of the molecule is CCCCCCCCCCCCCCCCCCCCCCCC(=O)O[C@H](COC(=O)CCCCCCCCCCCCCCCCCC(C)C)COP(=O)(O)OC[C@@H](O)COP(=O)(O)OC[C@@H](COC(=O)CCCCCCCCCC)OC(=O)CCCCCCCCCC. The van der Waals surface area contributed by atoms with Gasteiger partial charge in [0.05, 0.1) is 26.4 Å². The number of aliphatic hydroxyl groups excluding tert-OH is 1. The quantitative estimate of drug-likeness (QED) is 0.0222. The molecule has 0 bridgehead atoms. The lowest BCUT2D eigenvalue weighted by atomic mass is 10.0. The fraction of sp³-hybridized carbons (Fsp3) is 0.947. The Labute approximate surface area is 581 Å². The highest BCUT2D eigenvalue weighted by Gasteiger charge is 2.30. The second-order valence-corrected chi connectivity index (χ2v) is 30.8. The Morgan fingerprint density at radius 1 is 0.284 bits per heavy atom. The zero-order valence-corrected chi connectivity index (χ0v) is 63.6. The molecule has 0 aromatic carbocycles. The third-order valence-electron chi connectivity index (χ3n) is 17.8. The fourth-order valence-electron chi connectivity index (χ4n) is 11.7. The molecule has 0 rings (SSSR count). The number of hydrogen-bond donors (Lipinski definition) is 3. The Morgan fingerprint density at radius 3 is 0.716 bits per heavy atom. The molecule has 0 spiro atoms. The lowest BCUT2D eigenvalue weighted by Crippen LogP contribution is -2.30. The molecule has 95 heavy (non-hydrogen) atoms. The van der Waals surface area contributed by atoms with Crippen LogP contribution in [0.3, 0.4) is 0 Å². The molecular formula is C76H148O17P2. The number of ether oxygens (including phenoxy) is 4. The van der Waals surface area contributed by atoms with E-state index in [-0.39, 0.29) is 25.7 Å². The van der Waals surface area contributed by atoms with Crippen molar-refractivity contribution in [2.45, 2.75) is 419 Å². The fourth-order valence-corrected chi connectivity index (χ4v) is 13.3. The van der Waals surface area contributed by atoms with E-state index in [0.717, 1.165) is 109 Å². The summed E-state index contributed by atoms with van der Waals surface area (Å²) >= 11 is 0. The van der Waals surface area contributed by atoms with Gasteiger partial charge >= 0.3 is 39.5 Å². The van der Waals surface area contributed by atoms with Gasteiger partial charge < -0.3 is 33.8 Å². The zero-order valence-electron chi connectivity index (χ0n) is 61.8. The van der Waals surface area contributed by atoms with Gasteiger partial charge in [-0.05, 0) is 31.6 Å². The summed E-state index contributed by atoms with van der Waals surface area (Å²) in [7, 11) is -9.90. The second-order valence-electron chi connectivity index (χ2n) is 27.9. The molecule has 0 saturated heterocycles. The smallest absolute Gasteiger partial charge is 0.462 e. The average Bonchev–Trinajstić information content (AvgIpc) is 3.69. The van der Waals surface area contributed by atoms with Crippen molar-refractivity contribution in [3.05, 3.63) is 0 Å². The Morgan fingerprint density at radius 2 is 0.484 bits per heavy atom. The molecule has 5 atom stereocenters. The summed E-state index contributed by atoms with van der Waals surface area (Å²) in [5.74, 6) is -1.31. The van der Waals surface area contributed by atoms with E-state index in [1.807, 2.05) is 0 Å². The Bertz CT molecular complexity index is 1820. The van der Waals surface area contributed by atoms with Crippen LogP contribution in [0.4, 0.5) is 0 Å². The Balaban J connectivity index is 5.13. The van der Waals surface area contributed by atoms with E-state index >= 15 is 0 Å². The van der Waals surface area contributed by atoms with Crippen molar-refractivity contribution in [3.63, 3.8) is 0 Å². The molecule has 0 fully saturated rings. The first-order valence-corrected chi connectivity index (χ1v) is 42.6. The summed E-state index contributed by atoms with van der Waals surface area (Å²) in [5.41, 5.74) is 0. The molecule has 0 aliphatic rings. The minimum Gasteiger partial charge on any atom is -0.462 e. The lowest BCUT2D eigenvalue weighted by molar-refractivity contribution is -0.161. The number of rotatable bonds is 76. The van der Waals surface area contributed by atoms with Crippen LogP contribution in [0.5, 0.6) is 0 Å². The molecule has 0 aromatic heterocycles. The highest BCUT2D eigenvalue weighted by Crippen LogP contribution is 2.45. The molecule has 0 amide bonds. The summed E-state index contributed by atoms with van der Waals surface area (Å²) in [6.45, 7) is 7.26. The van der Waals surface area contributed by atoms with Crippen LogP contribution in [0.2, 0.25) is 0 Å². The highest BCUT2D eigenvalue weighted by atomic mass is 31.2. The summed E-state index contributed by atoms with van der Waals surface area (Å²) in [6, 6.07) is 0. The number of phosphoric acid groups is 2. The van der Waals surface area contributed by atoms with Gasteiger partial charge in [0.15, 0.2) is 12.2 Å². The van der Waals surface area contributed by atoms with E-state index in [2.05, 4.69) is 34.6 Å². The topological polar surface area (TPSA) is 237 Å². The van der Waals surface area contributed by atoms with E-state index < -0.39 is 97.5 Å². The van der Waals surface area contributed by atoms with Gasteiger partial charge in [-0.25, -0.2) is 9.13 Å². The minimum absolute atomic E-state index is 0.105. The molecule has 0 aliphatic heterocycles. The third-order valence-corrected chi connectivity index (χ3v) is 19.7. The maximum Gasteiger partial charge on any atom is 0.472 e. The maximum absolute atomic E-state index is 13.1. The van der Waals surface area contributed by atoms with E-state index in [1.54, 1.807) is 0 Å². The van der Waals surface area contributed by atoms with Crippen molar-refractivity contribution in [1.82, 2.24) is 0 Å². The van der Waals surface area contributed by atoms with Gasteiger partial charge in [-0.1, -0.05) is 349 Å². The molecule has 564 valence electrons.